The van der Waals surface area contributed by atoms with E-state index in [1.807, 2.05) is 6.92 Å². The summed E-state index contributed by atoms with van der Waals surface area (Å²) >= 11 is 5.71. The number of benzene rings is 1. The van der Waals surface area contributed by atoms with Gasteiger partial charge in [0.25, 0.3) is 0 Å². The van der Waals surface area contributed by atoms with Crippen molar-refractivity contribution in [3.63, 3.8) is 0 Å². The molecule has 0 unspecified atom stereocenters. The van der Waals surface area contributed by atoms with E-state index in [4.69, 9.17) is 16.7 Å². The Morgan fingerprint density at radius 1 is 1.53 bits per heavy atom. The molecule has 0 fully saturated rings. The zero-order valence-corrected chi connectivity index (χ0v) is 8.68. The van der Waals surface area contributed by atoms with E-state index < -0.39 is 17.5 Å². The number of hydrogen-bond donors (Lipinski definition) is 1. The number of carboxylic acids is 1. The summed E-state index contributed by atoms with van der Waals surface area (Å²) in [6, 6.07) is 3.49. The van der Waals surface area contributed by atoms with Gasteiger partial charge in [-0.3, -0.25) is 0 Å². The van der Waals surface area contributed by atoms with E-state index in [-0.39, 0.29) is 5.02 Å². The summed E-state index contributed by atoms with van der Waals surface area (Å²) in [5.41, 5.74) is 0.110. The fourth-order valence-corrected chi connectivity index (χ4v) is 1.47. The molecule has 0 aliphatic heterocycles. The van der Waals surface area contributed by atoms with Crippen molar-refractivity contribution in [2.45, 2.75) is 19.3 Å². The summed E-state index contributed by atoms with van der Waals surface area (Å²) < 4.78 is 26.1. The molecule has 1 aromatic rings. The molecule has 0 aliphatic carbocycles. The first kappa shape index (κ1) is 11.9. The van der Waals surface area contributed by atoms with Crippen LogP contribution in [0.5, 0.6) is 0 Å². The smallest absolute Gasteiger partial charge is 0.379 e. The molecule has 5 heteroatoms. The lowest BCUT2D eigenvalue weighted by atomic mass is 10.1. The minimum Gasteiger partial charge on any atom is -0.477 e. The first-order valence-corrected chi connectivity index (χ1v) is 4.67. The van der Waals surface area contributed by atoms with E-state index in [0.29, 0.717) is 12.0 Å². The minimum atomic E-state index is -3.89. The molecule has 0 radical (unpaired) electrons. The van der Waals surface area contributed by atoms with Gasteiger partial charge < -0.3 is 5.11 Å². The zero-order chi connectivity index (χ0) is 11.6. The van der Waals surface area contributed by atoms with E-state index in [9.17, 15) is 13.6 Å². The van der Waals surface area contributed by atoms with Crippen LogP contribution in [0.3, 0.4) is 0 Å². The lowest BCUT2D eigenvalue weighted by molar-refractivity contribution is -0.166. The number of aryl methyl sites for hydroxylation is 1. The molecule has 0 aliphatic rings. The molecule has 0 spiro atoms. The molecule has 0 saturated heterocycles. The van der Waals surface area contributed by atoms with Crippen LogP contribution in [-0.2, 0) is 17.1 Å². The summed E-state index contributed by atoms with van der Waals surface area (Å²) in [5.74, 6) is -6.07. The van der Waals surface area contributed by atoms with Crippen LogP contribution in [0.15, 0.2) is 18.2 Å². The highest BCUT2D eigenvalue weighted by Gasteiger charge is 2.41. The van der Waals surface area contributed by atoms with Gasteiger partial charge in [-0.1, -0.05) is 30.7 Å². The molecule has 2 nitrogen and oxygen atoms in total. The van der Waals surface area contributed by atoms with Crippen molar-refractivity contribution in [2.75, 3.05) is 0 Å². The highest BCUT2D eigenvalue weighted by atomic mass is 35.5. The number of carbonyl (C=O) groups is 1. The van der Waals surface area contributed by atoms with Gasteiger partial charge in [0.1, 0.15) is 0 Å². The van der Waals surface area contributed by atoms with Crippen LogP contribution >= 0.6 is 11.6 Å². The van der Waals surface area contributed by atoms with E-state index >= 15 is 0 Å². The van der Waals surface area contributed by atoms with Crippen molar-refractivity contribution in [3.8, 4) is 0 Å². The van der Waals surface area contributed by atoms with E-state index in [1.54, 1.807) is 0 Å². The molecule has 1 rings (SSSR count). The Morgan fingerprint density at radius 2 is 2.13 bits per heavy atom. The van der Waals surface area contributed by atoms with E-state index in [1.165, 1.54) is 6.07 Å². The number of rotatable bonds is 3. The maximum Gasteiger partial charge on any atom is 0.379 e. The van der Waals surface area contributed by atoms with Crippen LogP contribution in [0.1, 0.15) is 18.1 Å². The maximum atomic E-state index is 13.0. The minimum absolute atomic E-state index is 0.163. The number of aliphatic carboxylic acids is 1. The van der Waals surface area contributed by atoms with Crippen LogP contribution in [0, 0.1) is 0 Å². The monoisotopic (exact) mass is 234 g/mol. The van der Waals surface area contributed by atoms with Crippen molar-refractivity contribution in [2.24, 2.45) is 0 Å². The number of alkyl halides is 2. The van der Waals surface area contributed by atoms with Crippen LogP contribution in [0.2, 0.25) is 5.02 Å². The normalized spacial score (nSPS) is 11.5. The van der Waals surface area contributed by atoms with Crippen LogP contribution in [-0.4, -0.2) is 11.1 Å². The average molecular weight is 235 g/mol. The lowest BCUT2D eigenvalue weighted by Crippen LogP contribution is -2.25. The fourth-order valence-electron chi connectivity index (χ4n) is 1.15. The first-order valence-electron chi connectivity index (χ1n) is 4.29. The predicted octanol–water partition coefficient (Wildman–Crippen LogP) is 3.08. The standard InChI is InChI=1S/C10H9ClF2O2/c1-2-6-3-4-7(5-8(6)11)10(12,13)9(14)15/h3-5H,2H2,1H3,(H,14,15). The van der Waals surface area contributed by atoms with Gasteiger partial charge in [0.2, 0.25) is 0 Å². The molecular weight excluding hydrogens is 226 g/mol. The van der Waals surface area contributed by atoms with Crippen LogP contribution in [0.25, 0.3) is 0 Å². The Kier molecular flexibility index (Phi) is 3.29. The van der Waals surface area contributed by atoms with Crippen molar-refractivity contribution < 1.29 is 18.7 Å². The van der Waals surface area contributed by atoms with Gasteiger partial charge in [-0.2, -0.15) is 8.78 Å². The Balaban J connectivity index is 3.18. The molecule has 0 saturated carbocycles. The third-order valence-corrected chi connectivity index (χ3v) is 2.42. The van der Waals surface area contributed by atoms with Crippen molar-refractivity contribution in [1.29, 1.82) is 0 Å². The average Bonchev–Trinajstić information content (AvgIpc) is 2.17. The lowest BCUT2D eigenvalue weighted by Gasteiger charge is -2.12. The molecular formula is C10H9ClF2O2. The van der Waals surface area contributed by atoms with Gasteiger partial charge in [-0.25, -0.2) is 4.79 Å². The molecule has 0 atom stereocenters. The van der Waals surface area contributed by atoms with Crippen molar-refractivity contribution >= 4 is 17.6 Å². The second-order valence-electron chi connectivity index (χ2n) is 3.04. The van der Waals surface area contributed by atoms with Gasteiger partial charge in [0.15, 0.2) is 0 Å². The molecule has 82 valence electrons. The molecule has 0 heterocycles. The van der Waals surface area contributed by atoms with Gasteiger partial charge >= 0.3 is 11.9 Å². The van der Waals surface area contributed by atoms with E-state index in [2.05, 4.69) is 0 Å². The predicted molar refractivity (Wildman–Crippen MR) is 52.4 cm³/mol. The molecule has 0 bridgehead atoms. The Morgan fingerprint density at radius 3 is 2.53 bits per heavy atom. The molecule has 1 N–H and O–H groups in total. The molecule has 0 aromatic heterocycles. The maximum absolute atomic E-state index is 13.0. The topological polar surface area (TPSA) is 37.3 Å². The van der Waals surface area contributed by atoms with Gasteiger partial charge in [0.05, 0.1) is 0 Å². The zero-order valence-electron chi connectivity index (χ0n) is 7.93. The SMILES string of the molecule is CCc1ccc(C(F)(F)C(=O)O)cc1Cl. The summed E-state index contributed by atoms with van der Waals surface area (Å²) in [5, 5.41) is 8.48. The fraction of sp³-hybridized carbons (Fsp3) is 0.300. The Bertz CT molecular complexity index is 391. The largest absolute Gasteiger partial charge is 0.477 e. The van der Waals surface area contributed by atoms with Crippen LogP contribution < -0.4 is 0 Å². The number of carboxylic acid groups (broad SMARTS) is 1. The van der Waals surface area contributed by atoms with Gasteiger partial charge in [0, 0.05) is 10.6 Å². The second-order valence-corrected chi connectivity index (χ2v) is 3.45. The first-order chi connectivity index (χ1) is 6.89. The Labute approximate surface area is 90.5 Å². The highest BCUT2D eigenvalue weighted by Crippen LogP contribution is 2.31. The van der Waals surface area contributed by atoms with Gasteiger partial charge in [-0.15, -0.1) is 0 Å². The second kappa shape index (κ2) is 4.14. The summed E-state index contributed by atoms with van der Waals surface area (Å²) in [6.07, 6.45) is 0.609. The number of halogens is 3. The van der Waals surface area contributed by atoms with E-state index in [0.717, 1.165) is 12.1 Å². The quantitative estimate of drug-likeness (QED) is 0.873. The van der Waals surface area contributed by atoms with Crippen LogP contribution in [0.4, 0.5) is 8.78 Å². The number of hydrogen-bond acceptors (Lipinski definition) is 1. The summed E-state index contributed by atoms with van der Waals surface area (Å²) in [7, 11) is 0. The summed E-state index contributed by atoms with van der Waals surface area (Å²) in [6.45, 7) is 1.83. The van der Waals surface area contributed by atoms with Crippen molar-refractivity contribution in [3.05, 3.63) is 34.3 Å². The third kappa shape index (κ3) is 2.26. The van der Waals surface area contributed by atoms with Gasteiger partial charge in [-0.05, 0) is 18.1 Å². The van der Waals surface area contributed by atoms with Crippen molar-refractivity contribution in [1.82, 2.24) is 0 Å². The molecule has 1 aromatic carbocycles. The Hall–Kier alpha value is -1.16. The summed E-state index contributed by atoms with van der Waals surface area (Å²) in [4.78, 5) is 10.3. The molecule has 0 amide bonds. The molecule has 15 heavy (non-hydrogen) atoms. The third-order valence-electron chi connectivity index (χ3n) is 2.07. The highest BCUT2D eigenvalue weighted by molar-refractivity contribution is 6.31.